The molecule has 0 aliphatic carbocycles. The molecular weight excluding hydrogens is 586 g/mol. The van der Waals surface area contributed by atoms with Gasteiger partial charge >= 0.3 is 5.95 Å². The Bertz CT molecular complexity index is 1790. The third-order valence-corrected chi connectivity index (χ3v) is 8.73. The van der Waals surface area contributed by atoms with E-state index in [1.807, 2.05) is 13.1 Å². The van der Waals surface area contributed by atoms with Crippen molar-refractivity contribution in [2.45, 2.75) is 31.8 Å². The van der Waals surface area contributed by atoms with Crippen LogP contribution >= 0.6 is 11.6 Å². The summed E-state index contributed by atoms with van der Waals surface area (Å²) in [6.07, 6.45) is 3.27. The molecule has 44 heavy (non-hydrogen) atoms. The summed E-state index contributed by atoms with van der Waals surface area (Å²) in [7, 11) is 3.40. The summed E-state index contributed by atoms with van der Waals surface area (Å²) in [6, 6.07) is 14.4. The number of aliphatic imine (C=N–C) groups is 1. The molecule has 11 heteroatoms. The summed E-state index contributed by atoms with van der Waals surface area (Å²) in [5.74, 6) is -0.692. The molecule has 226 valence electrons. The highest BCUT2D eigenvalue weighted by Crippen LogP contribution is 2.36. The molecule has 2 aliphatic rings. The Hall–Kier alpha value is -4.25. The van der Waals surface area contributed by atoms with Crippen LogP contribution in [-0.4, -0.2) is 59.3 Å². The number of benzene rings is 3. The van der Waals surface area contributed by atoms with Crippen molar-refractivity contribution in [3.8, 4) is 17.0 Å². The molecular formula is C33H32ClF2N6O2+. The molecule has 0 radical (unpaired) electrons. The molecule has 3 aromatic carbocycles. The van der Waals surface area contributed by atoms with Crippen molar-refractivity contribution in [2.75, 3.05) is 27.2 Å². The van der Waals surface area contributed by atoms with Crippen molar-refractivity contribution in [1.82, 2.24) is 20.2 Å². The number of nitrogens with two attached hydrogens (primary N) is 1. The average Bonchev–Trinajstić information content (AvgIpc) is 3.17. The lowest BCUT2D eigenvalue weighted by Crippen LogP contribution is -2.72. The smallest absolute Gasteiger partial charge is 0.331 e. The third kappa shape index (κ3) is 5.68. The van der Waals surface area contributed by atoms with Crippen molar-refractivity contribution < 1.29 is 23.6 Å². The number of hydrogen-bond donors (Lipinski definition) is 2. The first-order chi connectivity index (χ1) is 21.2. The Morgan fingerprint density at radius 3 is 2.59 bits per heavy atom. The molecule has 1 aromatic heterocycles. The zero-order valence-electron chi connectivity index (χ0n) is 24.6. The summed E-state index contributed by atoms with van der Waals surface area (Å²) < 4.78 is 35.9. The minimum absolute atomic E-state index is 0.0207. The van der Waals surface area contributed by atoms with Gasteiger partial charge in [-0.15, -0.1) is 0 Å². The van der Waals surface area contributed by atoms with Crippen LogP contribution in [0.25, 0.3) is 11.3 Å². The Balaban J connectivity index is 1.28. The first-order valence-electron chi connectivity index (χ1n) is 14.4. The number of methoxy groups -OCH3 is 1. The number of likely N-dealkylation sites (tertiary alicyclic amines) is 1. The molecule has 4 aromatic rings. The van der Waals surface area contributed by atoms with Crippen LogP contribution in [0.15, 0.2) is 65.8 Å². The minimum atomic E-state index is -0.600. The van der Waals surface area contributed by atoms with Crippen molar-refractivity contribution in [3.63, 3.8) is 0 Å². The van der Waals surface area contributed by atoms with E-state index in [1.54, 1.807) is 46.7 Å². The van der Waals surface area contributed by atoms with Crippen LogP contribution in [0.2, 0.25) is 5.02 Å². The fourth-order valence-corrected chi connectivity index (χ4v) is 5.86. The highest BCUT2D eigenvalue weighted by Gasteiger charge is 2.32. The lowest BCUT2D eigenvalue weighted by Gasteiger charge is -2.39. The van der Waals surface area contributed by atoms with E-state index < -0.39 is 11.6 Å². The molecule has 8 nitrogen and oxygen atoms in total. The molecule has 0 atom stereocenters. The van der Waals surface area contributed by atoms with E-state index in [4.69, 9.17) is 26.3 Å². The quantitative estimate of drug-likeness (QED) is 0.291. The summed E-state index contributed by atoms with van der Waals surface area (Å²) in [4.78, 5) is 28.8. The predicted molar refractivity (Wildman–Crippen MR) is 165 cm³/mol. The van der Waals surface area contributed by atoms with Gasteiger partial charge in [-0.05, 0) is 57.1 Å². The maximum absolute atomic E-state index is 15.2. The first kappa shape index (κ1) is 29.8. The van der Waals surface area contributed by atoms with Crippen molar-refractivity contribution in [3.05, 3.63) is 99.7 Å². The number of fused-ring (bicyclic) bond motifs is 3. The molecule has 1 fully saturated rings. The van der Waals surface area contributed by atoms with Crippen LogP contribution in [0.3, 0.4) is 0 Å². The standard InChI is InChI=1S/C33H31ClF2N6O2/c1-33(37-2)11-13-42(14-12-33)31(43)23-10-8-21(16-26(23)36)40-32-39-18-19-17-38-30(28-25(35)5-4-6-27(28)44-3)24-15-20(34)7-9-22(24)29(19)41-32/h4-10,15-16,18,37H,11-14,17H2,1-3H3,(H,39,40,41)/p+1. The number of hydrogen-bond acceptors (Lipinski definition) is 6. The van der Waals surface area contributed by atoms with Crippen molar-refractivity contribution in [2.24, 2.45) is 4.99 Å². The maximum Gasteiger partial charge on any atom is 0.331 e. The number of quaternary nitrogens is 1. The highest BCUT2D eigenvalue weighted by atomic mass is 35.5. The molecule has 1 amide bonds. The van der Waals surface area contributed by atoms with Gasteiger partial charge in [-0.3, -0.25) is 9.79 Å². The van der Waals surface area contributed by atoms with Gasteiger partial charge in [-0.1, -0.05) is 23.7 Å². The van der Waals surface area contributed by atoms with Crippen LogP contribution in [0.4, 0.5) is 20.4 Å². The predicted octanol–water partition coefficient (Wildman–Crippen LogP) is 5.18. The van der Waals surface area contributed by atoms with Crippen LogP contribution in [0.1, 0.15) is 46.8 Å². The zero-order chi connectivity index (χ0) is 31.0. The topological polar surface area (TPSA) is 96.3 Å². The number of amides is 1. The van der Waals surface area contributed by atoms with Crippen LogP contribution < -0.4 is 15.4 Å². The van der Waals surface area contributed by atoms with Gasteiger partial charge in [0.25, 0.3) is 5.91 Å². The van der Waals surface area contributed by atoms with Gasteiger partial charge in [0.2, 0.25) is 0 Å². The number of nitrogens with zero attached hydrogens (tertiary/aromatic N) is 4. The fraction of sp³-hybridized carbons (Fsp3) is 0.273. The van der Waals surface area contributed by atoms with E-state index in [-0.39, 0.29) is 29.1 Å². The van der Waals surface area contributed by atoms with E-state index in [0.29, 0.717) is 58.0 Å². The monoisotopic (exact) mass is 617 g/mol. The number of halogens is 3. The van der Waals surface area contributed by atoms with E-state index in [1.165, 1.54) is 25.3 Å². The maximum atomic E-state index is 15.2. The number of piperidine rings is 1. The van der Waals surface area contributed by atoms with Gasteiger partial charge in [-0.2, -0.15) is 9.97 Å². The number of carbonyl (C=O) groups excluding carboxylic acids is 1. The molecule has 6 rings (SSSR count). The highest BCUT2D eigenvalue weighted by molar-refractivity contribution is 6.31. The van der Waals surface area contributed by atoms with Crippen LogP contribution in [-0.2, 0) is 6.54 Å². The second-order valence-corrected chi connectivity index (χ2v) is 11.7. The molecule has 0 saturated carbocycles. The second-order valence-electron chi connectivity index (χ2n) is 11.3. The number of carbonyl (C=O) groups is 1. The molecule has 1 saturated heterocycles. The molecule has 0 unspecified atom stereocenters. The van der Waals surface area contributed by atoms with Gasteiger partial charge in [0.15, 0.2) is 0 Å². The van der Waals surface area contributed by atoms with E-state index in [0.717, 1.165) is 18.4 Å². The minimum Gasteiger partial charge on any atom is -0.496 e. The summed E-state index contributed by atoms with van der Waals surface area (Å²) in [5, 5.41) is 5.42. The summed E-state index contributed by atoms with van der Waals surface area (Å²) >= 11 is 6.40. The Morgan fingerprint density at radius 2 is 1.86 bits per heavy atom. The number of nitrogens with one attached hydrogen (secondary N) is 1. The lowest BCUT2D eigenvalue weighted by atomic mass is 9.89. The molecule has 3 heterocycles. The van der Waals surface area contributed by atoms with E-state index in [9.17, 15) is 4.79 Å². The van der Waals surface area contributed by atoms with E-state index in [2.05, 4.69) is 17.2 Å². The van der Waals surface area contributed by atoms with Gasteiger partial charge in [-0.25, -0.2) is 14.1 Å². The summed E-state index contributed by atoms with van der Waals surface area (Å²) in [6.45, 7) is 3.46. The van der Waals surface area contributed by atoms with Gasteiger partial charge < -0.3 is 15.0 Å². The summed E-state index contributed by atoms with van der Waals surface area (Å²) in [5.41, 5.74) is 3.81. The van der Waals surface area contributed by atoms with E-state index >= 15 is 8.78 Å². The molecule has 2 aliphatic heterocycles. The van der Waals surface area contributed by atoms with Gasteiger partial charge in [0.1, 0.15) is 23.1 Å². The number of aromatic nitrogens is 2. The lowest BCUT2D eigenvalue weighted by molar-refractivity contribution is -0.487. The second kappa shape index (κ2) is 12.0. The van der Waals surface area contributed by atoms with Crippen molar-refractivity contribution >= 4 is 34.9 Å². The third-order valence-electron chi connectivity index (χ3n) is 8.49. The first-order valence-corrected chi connectivity index (χ1v) is 14.7. The largest absolute Gasteiger partial charge is 0.496 e. The Kier molecular flexibility index (Phi) is 8.15. The Labute approximate surface area is 259 Å². The SMILES string of the molecule is CNC1(C)CCN(C(=O)c2ccc([NH2+]c3ncc4c(n3)-c3ccc(Cl)cc3C(c3c(F)cccc3OC)=NC4)cc2F)CC1. The van der Waals surface area contributed by atoms with Crippen LogP contribution in [0.5, 0.6) is 5.75 Å². The number of rotatable bonds is 6. The van der Waals surface area contributed by atoms with Gasteiger partial charge in [0.05, 0.1) is 36.2 Å². The molecule has 3 N–H and O–H groups in total. The number of ether oxygens (including phenoxy) is 1. The van der Waals surface area contributed by atoms with Crippen LogP contribution in [0, 0.1) is 11.6 Å². The zero-order valence-corrected chi connectivity index (χ0v) is 25.4. The molecule has 0 bridgehead atoms. The fourth-order valence-electron chi connectivity index (χ4n) is 5.69. The Morgan fingerprint density at radius 1 is 1.07 bits per heavy atom. The molecule has 0 spiro atoms. The average molecular weight is 618 g/mol. The normalized spacial score (nSPS) is 15.6. The van der Waals surface area contributed by atoms with Gasteiger partial charge in [0, 0.05) is 58.7 Å². The van der Waals surface area contributed by atoms with Crippen molar-refractivity contribution in [1.29, 1.82) is 0 Å².